The molecule has 0 radical (unpaired) electrons. The summed E-state index contributed by atoms with van der Waals surface area (Å²) in [4.78, 5) is 4.67. The summed E-state index contributed by atoms with van der Waals surface area (Å²) < 4.78 is 0. The van der Waals surface area contributed by atoms with Gasteiger partial charge in [0.05, 0.1) is 5.52 Å². The van der Waals surface area contributed by atoms with Gasteiger partial charge in [0.1, 0.15) is 0 Å². The Bertz CT molecular complexity index is 573. The lowest BCUT2D eigenvalue weighted by Gasteiger charge is -2.27. The maximum absolute atomic E-state index is 4.67. The number of benzene rings is 1. The van der Waals surface area contributed by atoms with Gasteiger partial charge in [-0.3, -0.25) is 4.98 Å². The van der Waals surface area contributed by atoms with Crippen LogP contribution in [0.15, 0.2) is 36.5 Å². The Hall–Kier alpha value is -1.41. The van der Waals surface area contributed by atoms with E-state index in [2.05, 4.69) is 41.5 Å². The molecule has 2 heteroatoms. The number of para-hydroxylation sites is 1. The van der Waals surface area contributed by atoms with Gasteiger partial charge in [-0.1, -0.05) is 50.5 Å². The summed E-state index contributed by atoms with van der Waals surface area (Å²) in [6, 6.07) is 11.5. The molecule has 2 nitrogen and oxygen atoms in total. The molecular weight excluding hydrogens is 256 g/mol. The van der Waals surface area contributed by atoms with Gasteiger partial charge in [0.25, 0.3) is 0 Å². The Morgan fingerprint density at radius 3 is 2.86 bits per heavy atom. The predicted molar refractivity (Wildman–Crippen MR) is 89.7 cm³/mol. The molecular formula is C19H26N2. The lowest BCUT2D eigenvalue weighted by atomic mass is 9.86. The van der Waals surface area contributed by atoms with Crippen LogP contribution in [0.2, 0.25) is 0 Å². The van der Waals surface area contributed by atoms with Gasteiger partial charge in [-0.05, 0) is 37.4 Å². The minimum Gasteiger partial charge on any atom is -0.313 e. The molecule has 1 heterocycles. The van der Waals surface area contributed by atoms with Gasteiger partial charge < -0.3 is 5.32 Å². The van der Waals surface area contributed by atoms with Crippen LogP contribution in [0, 0.1) is 0 Å². The number of rotatable bonds is 4. The molecule has 3 rings (SSSR count). The molecule has 0 saturated heterocycles. The molecule has 1 aromatic heterocycles. The first-order valence-corrected chi connectivity index (χ1v) is 8.47. The molecule has 2 atom stereocenters. The van der Waals surface area contributed by atoms with Crippen LogP contribution in [0.4, 0.5) is 0 Å². The lowest BCUT2D eigenvalue weighted by molar-refractivity contribution is 0.412. The minimum atomic E-state index is 0.609. The monoisotopic (exact) mass is 282 g/mol. The number of nitrogens with one attached hydrogen (secondary N) is 1. The fraction of sp³-hybridized carbons (Fsp3) is 0.526. The van der Waals surface area contributed by atoms with Crippen LogP contribution in [-0.2, 0) is 0 Å². The van der Waals surface area contributed by atoms with Crippen LogP contribution < -0.4 is 5.32 Å². The van der Waals surface area contributed by atoms with Gasteiger partial charge in [0.2, 0.25) is 0 Å². The highest BCUT2D eigenvalue weighted by Gasteiger charge is 2.26. The molecule has 2 aromatic rings. The number of aromatic nitrogens is 1. The fourth-order valence-corrected chi connectivity index (χ4v) is 3.68. The fourth-order valence-electron chi connectivity index (χ4n) is 3.68. The largest absolute Gasteiger partial charge is 0.313 e. The van der Waals surface area contributed by atoms with E-state index in [1.165, 1.54) is 55.0 Å². The molecule has 0 bridgehead atoms. The Kier molecular flexibility index (Phi) is 4.87. The second-order valence-corrected chi connectivity index (χ2v) is 6.23. The molecule has 1 aromatic carbocycles. The predicted octanol–water partition coefficient (Wildman–Crippen LogP) is 4.65. The third-order valence-corrected chi connectivity index (χ3v) is 4.74. The molecule has 1 saturated carbocycles. The standard InChI is InChI=1S/C19H26N2/c1-2-13-20-18-12-5-3-4-10-16(18)17-11-6-8-15-9-7-14-21-19(15)17/h6-9,11,14,16,18,20H,2-5,10,12-13H2,1H3. The van der Waals surface area contributed by atoms with Crippen molar-refractivity contribution < 1.29 is 0 Å². The Morgan fingerprint density at radius 2 is 1.95 bits per heavy atom. The quantitative estimate of drug-likeness (QED) is 0.826. The van der Waals surface area contributed by atoms with Crippen molar-refractivity contribution >= 4 is 10.9 Å². The van der Waals surface area contributed by atoms with Crippen molar-refractivity contribution in [2.24, 2.45) is 0 Å². The smallest absolute Gasteiger partial charge is 0.0737 e. The first kappa shape index (κ1) is 14.5. The first-order valence-electron chi connectivity index (χ1n) is 8.47. The zero-order valence-corrected chi connectivity index (χ0v) is 13.0. The highest BCUT2D eigenvalue weighted by molar-refractivity contribution is 5.82. The highest BCUT2D eigenvalue weighted by Crippen LogP contribution is 2.35. The van der Waals surface area contributed by atoms with Crippen molar-refractivity contribution in [1.29, 1.82) is 0 Å². The van der Waals surface area contributed by atoms with E-state index in [4.69, 9.17) is 0 Å². The van der Waals surface area contributed by atoms with Gasteiger partial charge in [-0.2, -0.15) is 0 Å². The summed E-state index contributed by atoms with van der Waals surface area (Å²) in [5.74, 6) is 0.609. The average molecular weight is 282 g/mol. The Morgan fingerprint density at radius 1 is 1.10 bits per heavy atom. The minimum absolute atomic E-state index is 0.609. The maximum Gasteiger partial charge on any atom is 0.0737 e. The summed E-state index contributed by atoms with van der Waals surface area (Å²) in [6.07, 6.45) is 9.80. The van der Waals surface area contributed by atoms with E-state index < -0.39 is 0 Å². The first-order chi connectivity index (χ1) is 10.4. The van der Waals surface area contributed by atoms with Crippen molar-refractivity contribution in [3.05, 3.63) is 42.1 Å². The van der Waals surface area contributed by atoms with Crippen molar-refractivity contribution in [2.75, 3.05) is 6.54 Å². The van der Waals surface area contributed by atoms with Crippen molar-refractivity contribution in [3.63, 3.8) is 0 Å². The van der Waals surface area contributed by atoms with Crippen LogP contribution in [0.25, 0.3) is 10.9 Å². The molecule has 0 amide bonds. The number of fused-ring (bicyclic) bond motifs is 1. The maximum atomic E-state index is 4.67. The summed E-state index contributed by atoms with van der Waals surface area (Å²) in [5, 5.41) is 5.07. The SMILES string of the molecule is CCCNC1CCCCCC1c1cccc2cccnc12. The van der Waals surface area contributed by atoms with Crippen LogP contribution in [0.3, 0.4) is 0 Å². The molecule has 0 aliphatic heterocycles. The summed E-state index contributed by atoms with van der Waals surface area (Å²) in [5.41, 5.74) is 2.65. The molecule has 0 spiro atoms. The second-order valence-electron chi connectivity index (χ2n) is 6.23. The number of nitrogens with zero attached hydrogens (tertiary/aromatic N) is 1. The summed E-state index contributed by atoms with van der Waals surface area (Å²) in [6.45, 7) is 3.37. The third kappa shape index (κ3) is 3.26. The van der Waals surface area contributed by atoms with Gasteiger partial charge in [-0.25, -0.2) is 0 Å². The van der Waals surface area contributed by atoms with Crippen LogP contribution >= 0.6 is 0 Å². The van der Waals surface area contributed by atoms with Crippen LogP contribution in [-0.4, -0.2) is 17.6 Å². The molecule has 1 aliphatic rings. The number of pyridine rings is 1. The van der Waals surface area contributed by atoms with Gasteiger partial charge in [0, 0.05) is 23.5 Å². The van der Waals surface area contributed by atoms with E-state index in [0.29, 0.717) is 12.0 Å². The molecule has 1 fully saturated rings. The summed E-state index contributed by atoms with van der Waals surface area (Å²) in [7, 11) is 0. The zero-order chi connectivity index (χ0) is 14.5. The molecule has 2 unspecified atom stereocenters. The van der Waals surface area contributed by atoms with Gasteiger partial charge >= 0.3 is 0 Å². The van der Waals surface area contributed by atoms with E-state index in [-0.39, 0.29) is 0 Å². The van der Waals surface area contributed by atoms with Crippen molar-refractivity contribution in [2.45, 2.75) is 57.4 Å². The molecule has 21 heavy (non-hydrogen) atoms. The number of hydrogen-bond acceptors (Lipinski definition) is 2. The van der Waals surface area contributed by atoms with Crippen molar-refractivity contribution in [3.8, 4) is 0 Å². The van der Waals surface area contributed by atoms with E-state index in [1.807, 2.05) is 12.3 Å². The average Bonchev–Trinajstić information content (AvgIpc) is 2.77. The molecule has 1 N–H and O–H groups in total. The van der Waals surface area contributed by atoms with E-state index in [0.717, 1.165) is 6.54 Å². The second kappa shape index (κ2) is 7.04. The number of hydrogen-bond donors (Lipinski definition) is 1. The molecule has 112 valence electrons. The molecule has 1 aliphatic carbocycles. The van der Waals surface area contributed by atoms with Crippen LogP contribution in [0.5, 0.6) is 0 Å². The van der Waals surface area contributed by atoms with Gasteiger partial charge in [-0.15, -0.1) is 0 Å². The van der Waals surface area contributed by atoms with E-state index in [9.17, 15) is 0 Å². The lowest BCUT2D eigenvalue weighted by Crippen LogP contribution is -2.35. The van der Waals surface area contributed by atoms with E-state index >= 15 is 0 Å². The van der Waals surface area contributed by atoms with Crippen molar-refractivity contribution in [1.82, 2.24) is 10.3 Å². The Labute approximate surface area is 128 Å². The highest BCUT2D eigenvalue weighted by atomic mass is 14.9. The summed E-state index contributed by atoms with van der Waals surface area (Å²) >= 11 is 0. The topological polar surface area (TPSA) is 24.9 Å². The van der Waals surface area contributed by atoms with E-state index in [1.54, 1.807) is 0 Å². The Balaban J connectivity index is 1.96. The third-order valence-electron chi connectivity index (χ3n) is 4.74. The van der Waals surface area contributed by atoms with Gasteiger partial charge in [0.15, 0.2) is 0 Å². The zero-order valence-electron chi connectivity index (χ0n) is 13.0. The normalized spacial score (nSPS) is 23.1. The van der Waals surface area contributed by atoms with Crippen LogP contribution in [0.1, 0.15) is 56.9 Å².